The number of esters is 2. The molecule has 1 heterocycles. The SMILES string of the molecule is CO[C@H]1[C@@H](OCOCC[Si](C)(C)C)[C@@](O)(C2=CC(O)OC2=O)[C@H](C(=O)OCC[Si](C)(C)C)C[C@@H]1C. The molecule has 1 fully saturated rings. The van der Waals surface area contributed by atoms with Crippen LogP contribution in [0.5, 0.6) is 0 Å². The maximum Gasteiger partial charge on any atom is 0.339 e. The molecule has 202 valence electrons. The Morgan fingerprint density at radius 3 is 2.26 bits per heavy atom. The predicted molar refractivity (Wildman–Crippen MR) is 136 cm³/mol. The molecule has 1 aliphatic carbocycles. The Morgan fingerprint density at radius 1 is 1.14 bits per heavy atom. The van der Waals surface area contributed by atoms with E-state index in [-0.39, 0.29) is 31.3 Å². The van der Waals surface area contributed by atoms with Gasteiger partial charge < -0.3 is 33.9 Å². The molecule has 2 rings (SSSR count). The summed E-state index contributed by atoms with van der Waals surface area (Å²) in [5.74, 6) is -2.82. The van der Waals surface area contributed by atoms with Crippen molar-refractivity contribution < 1.29 is 43.5 Å². The zero-order valence-corrected chi connectivity index (χ0v) is 24.5. The van der Waals surface area contributed by atoms with Crippen LogP contribution in [0.25, 0.3) is 0 Å². The molecule has 0 spiro atoms. The Bertz CT molecular complexity index is 774. The summed E-state index contributed by atoms with van der Waals surface area (Å²) in [4.78, 5) is 25.9. The van der Waals surface area contributed by atoms with Gasteiger partial charge in [0.25, 0.3) is 0 Å². The second-order valence-electron chi connectivity index (χ2n) is 12.1. The summed E-state index contributed by atoms with van der Waals surface area (Å²) >= 11 is 0. The molecule has 0 amide bonds. The normalized spacial score (nSPS) is 31.8. The highest BCUT2D eigenvalue weighted by atomic mass is 28.3. The number of aliphatic hydroxyl groups excluding tert-OH is 1. The highest BCUT2D eigenvalue weighted by Crippen LogP contribution is 2.46. The van der Waals surface area contributed by atoms with Gasteiger partial charge in [0.2, 0.25) is 6.29 Å². The van der Waals surface area contributed by atoms with Crippen molar-refractivity contribution >= 4 is 28.1 Å². The lowest BCUT2D eigenvalue weighted by atomic mass is 9.64. The van der Waals surface area contributed by atoms with Crippen LogP contribution in [0.3, 0.4) is 0 Å². The molecular formula is C24H44O9Si2. The number of cyclic esters (lactones) is 1. The lowest BCUT2D eigenvalue weighted by molar-refractivity contribution is -0.236. The zero-order chi connectivity index (χ0) is 26.6. The van der Waals surface area contributed by atoms with Crippen LogP contribution in [-0.2, 0) is 33.3 Å². The fraction of sp³-hybridized carbons (Fsp3) is 0.833. The monoisotopic (exact) mass is 532 g/mol. The van der Waals surface area contributed by atoms with Gasteiger partial charge in [-0.3, -0.25) is 4.79 Å². The Balaban J connectivity index is 2.33. The van der Waals surface area contributed by atoms with Crippen LogP contribution in [-0.4, -0.2) is 89.5 Å². The number of hydrogen-bond acceptors (Lipinski definition) is 9. The second-order valence-corrected chi connectivity index (χ2v) is 23.3. The average Bonchev–Trinajstić information content (AvgIpc) is 3.06. The first-order chi connectivity index (χ1) is 16.1. The summed E-state index contributed by atoms with van der Waals surface area (Å²) in [6.07, 6.45) is -1.95. The van der Waals surface area contributed by atoms with Crippen LogP contribution in [0.4, 0.5) is 0 Å². The van der Waals surface area contributed by atoms with Gasteiger partial charge in [0, 0.05) is 29.9 Å². The third-order valence-electron chi connectivity index (χ3n) is 6.60. The van der Waals surface area contributed by atoms with Crippen molar-refractivity contribution in [3.63, 3.8) is 0 Å². The molecule has 6 atom stereocenters. The van der Waals surface area contributed by atoms with Crippen molar-refractivity contribution in [2.75, 3.05) is 27.1 Å². The summed E-state index contributed by atoms with van der Waals surface area (Å²) in [5.41, 5.74) is -2.35. The van der Waals surface area contributed by atoms with Crippen LogP contribution >= 0.6 is 0 Å². The summed E-state index contributed by atoms with van der Waals surface area (Å²) in [6.45, 7) is 15.7. The minimum Gasteiger partial charge on any atom is -0.466 e. The first-order valence-electron chi connectivity index (χ1n) is 12.3. The van der Waals surface area contributed by atoms with Crippen molar-refractivity contribution in [1.82, 2.24) is 0 Å². The maximum atomic E-state index is 13.3. The topological polar surface area (TPSA) is 121 Å². The van der Waals surface area contributed by atoms with Gasteiger partial charge in [0.1, 0.15) is 18.5 Å². The molecule has 0 aromatic carbocycles. The standard InChI is InChI=1S/C24H44O9Si2/c1-16-13-17(22(26)31-10-12-35(6,7)8)24(28,18-14-19(25)33-23(18)27)21(20(16)29-2)32-15-30-9-11-34(3,4)5/h14,16-17,19-21,25,28H,9-13,15H2,1-8H3/t16-,17-,19?,20+,21+,24-/m0/s1. The van der Waals surface area contributed by atoms with Gasteiger partial charge in [-0.25, -0.2) is 4.79 Å². The number of carbonyl (C=O) groups is 2. The molecule has 11 heteroatoms. The minimum absolute atomic E-state index is 0.147. The Labute approximate surface area is 211 Å². The lowest BCUT2D eigenvalue weighted by Gasteiger charge is -2.49. The maximum absolute atomic E-state index is 13.3. The van der Waals surface area contributed by atoms with Crippen molar-refractivity contribution in [3.8, 4) is 0 Å². The zero-order valence-electron chi connectivity index (χ0n) is 22.5. The third-order valence-corrected chi connectivity index (χ3v) is 10.0. The predicted octanol–water partition coefficient (Wildman–Crippen LogP) is 2.77. The lowest BCUT2D eigenvalue weighted by Crippen LogP contribution is -2.65. The van der Waals surface area contributed by atoms with E-state index in [0.29, 0.717) is 6.61 Å². The molecule has 0 radical (unpaired) electrons. The van der Waals surface area contributed by atoms with Gasteiger partial charge in [0.05, 0.1) is 24.2 Å². The molecule has 35 heavy (non-hydrogen) atoms. The van der Waals surface area contributed by atoms with E-state index in [4.69, 9.17) is 23.7 Å². The third kappa shape index (κ3) is 7.95. The van der Waals surface area contributed by atoms with Crippen LogP contribution in [0.2, 0.25) is 51.4 Å². The van der Waals surface area contributed by atoms with Crippen LogP contribution < -0.4 is 0 Å². The van der Waals surface area contributed by atoms with Crippen molar-refractivity contribution in [2.45, 2.75) is 88.8 Å². The first kappa shape index (κ1) is 30.1. The molecule has 0 aromatic heterocycles. The van der Waals surface area contributed by atoms with Gasteiger partial charge in [-0.1, -0.05) is 46.2 Å². The van der Waals surface area contributed by atoms with E-state index >= 15 is 0 Å². The van der Waals surface area contributed by atoms with Gasteiger partial charge in [-0.2, -0.15) is 0 Å². The molecule has 1 saturated carbocycles. The van der Waals surface area contributed by atoms with Gasteiger partial charge in [-0.05, 0) is 30.5 Å². The molecule has 0 saturated heterocycles. The van der Waals surface area contributed by atoms with Crippen LogP contribution in [0.15, 0.2) is 11.6 Å². The smallest absolute Gasteiger partial charge is 0.339 e. The molecule has 1 unspecified atom stereocenters. The number of ether oxygens (including phenoxy) is 5. The van der Waals surface area contributed by atoms with E-state index < -0.39 is 58.1 Å². The van der Waals surface area contributed by atoms with Crippen LogP contribution in [0, 0.1) is 11.8 Å². The largest absolute Gasteiger partial charge is 0.466 e. The summed E-state index contributed by atoms with van der Waals surface area (Å²) in [7, 11) is -1.27. The molecule has 2 aliphatic rings. The highest BCUT2D eigenvalue weighted by molar-refractivity contribution is 6.76. The Kier molecular flexibility index (Phi) is 10.3. The number of aliphatic hydroxyl groups is 2. The molecule has 9 nitrogen and oxygen atoms in total. The Hall–Kier alpha value is -1.09. The quantitative estimate of drug-likeness (QED) is 0.169. The Morgan fingerprint density at radius 2 is 1.74 bits per heavy atom. The molecule has 1 aliphatic heterocycles. The number of hydrogen-bond donors (Lipinski definition) is 2. The van der Waals surface area contributed by atoms with E-state index in [9.17, 15) is 19.8 Å². The summed E-state index contributed by atoms with van der Waals surface area (Å²) < 4.78 is 27.8. The van der Waals surface area contributed by atoms with Crippen molar-refractivity contribution in [2.24, 2.45) is 11.8 Å². The van der Waals surface area contributed by atoms with E-state index in [1.807, 2.05) is 6.92 Å². The van der Waals surface area contributed by atoms with Gasteiger partial charge in [0.15, 0.2) is 0 Å². The highest BCUT2D eigenvalue weighted by Gasteiger charge is 2.62. The fourth-order valence-electron chi connectivity index (χ4n) is 4.46. The van der Waals surface area contributed by atoms with E-state index in [2.05, 4.69) is 39.3 Å². The average molecular weight is 533 g/mol. The van der Waals surface area contributed by atoms with Crippen LogP contribution in [0.1, 0.15) is 13.3 Å². The molecule has 2 N–H and O–H groups in total. The van der Waals surface area contributed by atoms with Crippen molar-refractivity contribution in [3.05, 3.63) is 11.6 Å². The summed E-state index contributed by atoms with van der Waals surface area (Å²) in [5, 5.41) is 22.0. The fourth-order valence-corrected chi connectivity index (χ4v) is 5.93. The van der Waals surface area contributed by atoms with Gasteiger partial charge >= 0.3 is 11.9 Å². The summed E-state index contributed by atoms with van der Waals surface area (Å²) in [6, 6.07) is 1.71. The number of carbonyl (C=O) groups excluding carboxylic acids is 2. The van der Waals surface area contributed by atoms with Crippen molar-refractivity contribution in [1.29, 1.82) is 0 Å². The molecule has 0 aromatic rings. The minimum atomic E-state index is -2.12. The molecular weight excluding hydrogens is 488 g/mol. The van der Waals surface area contributed by atoms with E-state index in [1.165, 1.54) is 7.11 Å². The first-order valence-corrected chi connectivity index (χ1v) is 19.7. The second kappa shape index (κ2) is 12.0. The number of rotatable bonds is 12. The van der Waals surface area contributed by atoms with Gasteiger partial charge in [-0.15, -0.1) is 0 Å². The van der Waals surface area contributed by atoms with E-state index in [0.717, 1.165) is 18.2 Å². The number of methoxy groups -OCH3 is 1. The molecule has 0 bridgehead atoms. The van der Waals surface area contributed by atoms with E-state index in [1.54, 1.807) is 0 Å².